The Hall–Kier alpha value is -4.34. The zero-order valence-corrected chi connectivity index (χ0v) is 23.4. The monoisotopic (exact) mass is 591 g/mol. The van der Waals surface area contributed by atoms with Gasteiger partial charge in [-0.2, -0.15) is 4.37 Å². The van der Waals surface area contributed by atoms with Crippen molar-refractivity contribution in [1.82, 2.24) is 24.0 Å². The van der Waals surface area contributed by atoms with Crippen LogP contribution in [-0.4, -0.2) is 68.2 Å². The largest absolute Gasteiger partial charge is 0.456 e. The van der Waals surface area contributed by atoms with Gasteiger partial charge in [0.15, 0.2) is 17.1 Å². The summed E-state index contributed by atoms with van der Waals surface area (Å²) in [6.45, 7) is 2.37. The molecule has 0 spiro atoms. The molecule has 1 aliphatic carbocycles. The quantitative estimate of drug-likeness (QED) is 0.250. The fourth-order valence-electron chi connectivity index (χ4n) is 5.65. The number of amides is 1. The SMILES string of the molecule is NC(=O)c1c(Cc2cc(-c3coc4c(=O)cc(N5CCOCC5)oc34)sn2)nc(N[C@H]2CCCC[C@H]2N)n2cnnc12. The number of ether oxygens (including phenoxy) is 1. The van der Waals surface area contributed by atoms with Crippen molar-refractivity contribution in [1.29, 1.82) is 0 Å². The number of anilines is 2. The average Bonchev–Trinajstić information content (AvgIpc) is 3.75. The summed E-state index contributed by atoms with van der Waals surface area (Å²) in [5.41, 5.74) is 14.6. The molecule has 14 nitrogen and oxygen atoms in total. The van der Waals surface area contributed by atoms with Crippen LogP contribution in [0.2, 0.25) is 0 Å². The first kappa shape index (κ1) is 26.6. The fourth-order valence-corrected chi connectivity index (χ4v) is 6.41. The minimum absolute atomic E-state index is 0.0129. The first-order valence-electron chi connectivity index (χ1n) is 13.8. The Morgan fingerprint density at radius 2 is 2.00 bits per heavy atom. The molecule has 1 amide bonds. The van der Waals surface area contributed by atoms with E-state index in [-0.39, 0.29) is 35.1 Å². The van der Waals surface area contributed by atoms with E-state index in [2.05, 4.69) is 19.9 Å². The van der Waals surface area contributed by atoms with Crippen LogP contribution in [0.1, 0.15) is 47.4 Å². The minimum Gasteiger partial charge on any atom is -0.456 e. The van der Waals surface area contributed by atoms with E-state index < -0.39 is 5.91 Å². The lowest BCUT2D eigenvalue weighted by molar-refractivity contribution is 0.1000. The highest BCUT2D eigenvalue weighted by Crippen LogP contribution is 2.35. The lowest BCUT2D eigenvalue weighted by Gasteiger charge is -2.30. The highest BCUT2D eigenvalue weighted by molar-refractivity contribution is 7.09. The predicted octanol–water partition coefficient (Wildman–Crippen LogP) is 2.16. The summed E-state index contributed by atoms with van der Waals surface area (Å²) in [5.74, 6) is 0.300. The summed E-state index contributed by atoms with van der Waals surface area (Å²) in [5, 5.41) is 11.6. The van der Waals surface area contributed by atoms with E-state index in [9.17, 15) is 9.59 Å². The van der Waals surface area contributed by atoms with Gasteiger partial charge in [0.25, 0.3) is 5.91 Å². The summed E-state index contributed by atoms with van der Waals surface area (Å²) >= 11 is 1.23. The van der Waals surface area contributed by atoms with Crippen molar-refractivity contribution in [2.24, 2.45) is 11.5 Å². The molecule has 2 fully saturated rings. The Morgan fingerprint density at radius 1 is 1.17 bits per heavy atom. The second-order valence-corrected chi connectivity index (χ2v) is 11.4. The van der Waals surface area contributed by atoms with Gasteiger partial charge in [0, 0.05) is 31.6 Å². The average molecular weight is 592 g/mol. The molecule has 2 atom stereocenters. The van der Waals surface area contributed by atoms with Gasteiger partial charge in [-0.15, -0.1) is 10.2 Å². The number of primary amides is 1. The standard InChI is InChI=1S/C27H29N9O5S/c28-16-3-1-2-4-17(16)31-27-32-18(22(25(29)38)26-33-30-13-36(26)27)9-14-10-20(42-34-14)15-12-40-24-19(37)11-21(41-23(15)24)35-5-7-39-8-6-35/h10-13,16-17H,1-9,28H2,(H2,29,38)(H,31,32)/t16-,17+/m1/s1. The number of nitrogens with zero attached hydrogens (tertiary/aromatic N) is 6. The van der Waals surface area contributed by atoms with Crippen LogP contribution in [0.15, 0.2) is 38.4 Å². The van der Waals surface area contributed by atoms with Gasteiger partial charge in [0.2, 0.25) is 17.0 Å². The number of hydrogen-bond acceptors (Lipinski definition) is 13. The van der Waals surface area contributed by atoms with E-state index >= 15 is 0 Å². The number of carbonyl (C=O) groups is 1. The summed E-state index contributed by atoms with van der Waals surface area (Å²) in [7, 11) is 0. The third kappa shape index (κ3) is 4.78. The van der Waals surface area contributed by atoms with Crippen LogP contribution in [0.4, 0.5) is 11.8 Å². The summed E-state index contributed by atoms with van der Waals surface area (Å²) < 4.78 is 23.4. The maximum atomic E-state index is 12.8. The van der Waals surface area contributed by atoms with Crippen molar-refractivity contribution in [2.45, 2.75) is 44.2 Å². The molecule has 1 aliphatic heterocycles. The van der Waals surface area contributed by atoms with Crippen molar-refractivity contribution in [2.75, 3.05) is 36.5 Å². The molecule has 5 aromatic rings. The molecule has 5 N–H and O–H groups in total. The van der Waals surface area contributed by atoms with Gasteiger partial charge in [0.1, 0.15) is 18.2 Å². The van der Waals surface area contributed by atoms with Crippen LogP contribution in [0.3, 0.4) is 0 Å². The highest BCUT2D eigenvalue weighted by atomic mass is 32.1. The van der Waals surface area contributed by atoms with E-state index in [1.54, 1.807) is 4.40 Å². The van der Waals surface area contributed by atoms with Crippen LogP contribution in [-0.2, 0) is 11.2 Å². The molecule has 1 saturated carbocycles. The summed E-state index contributed by atoms with van der Waals surface area (Å²) in [6, 6.07) is 3.33. The van der Waals surface area contributed by atoms with Crippen LogP contribution < -0.4 is 27.1 Å². The van der Waals surface area contributed by atoms with Gasteiger partial charge in [-0.1, -0.05) is 12.8 Å². The molecule has 5 aromatic heterocycles. The number of fused-ring (bicyclic) bond motifs is 2. The highest BCUT2D eigenvalue weighted by Gasteiger charge is 2.27. The van der Waals surface area contributed by atoms with Crippen molar-refractivity contribution in [3.8, 4) is 10.4 Å². The second-order valence-electron chi connectivity index (χ2n) is 10.6. The Balaban J connectivity index is 1.23. The van der Waals surface area contributed by atoms with Gasteiger partial charge >= 0.3 is 0 Å². The molecule has 0 bridgehead atoms. The third-order valence-corrected chi connectivity index (χ3v) is 8.70. The number of rotatable bonds is 7. The molecule has 0 aromatic carbocycles. The van der Waals surface area contributed by atoms with E-state index in [0.29, 0.717) is 66.3 Å². The van der Waals surface area contributed by atoms with Crippen LogP contribution in [0.25, 0.3) is 27.3 Å². The molecular formula is C27H29N9O5S. The normalized spacial score (nSPS) is 19.5. The van der Waals surface area contributed by atoms with Gasteiger partial charge in [0.05, 0.1) is 41.1 Å². The number of hydrogen-bond donors (Lipinski definition) is 3. The van der Waals surface area contributed by atoms with E-state index in [1.165, 1.54) is 30.2 Å². The number of aromatic nitrogens is 5. The van der Waals surface area contributed by atoms with Crippen molar-refractivity contribution >= 4 is 46.1 Å². The van der Waals surface area contributed by atoms with E-state index in [0.717, 1.165) is 30.6 Å². The maximum absolute atomic E-state index is 12.8. The van der Waals surface area contributed by atoms with E-state index in [4.69, 9.17) is 30.0 Å². The summed E-state index contributed by atoms with van der Waals surface area (Å²) in [6.07, 6.45) is 7.21. The van der Waals surface area contributed by atoms with Gasteiger partial charge < -0.3 is 35.3 Å². The second kappa shape index (κ2) is 10.8. The van der Waals surface area contributed by atoms with Gasteiger partial charge in [-0.25, -0.2) is 4.98 Å². The number of morpholine rings is 1. The fraction of sp³-hybridized carbons (Fsp3) is 0.407. The number of nitrogens with one attached hydrogen (secondary N) is 1. The molecule has 7 rings (SSSR count). The van der Waals surface area contributed by atoms with Gasteiger partial charge in [-0.3, -0.25) is 14.0 Å². The van der Waals surface area contributed by atoms with Crippen LogP contribution in [0.5, 0.6) is 0 Å². The molecular weight excluding hydrogens is 562 g/mol. The summed E-state index contributed by atoms with van der Waals surface area (Å²) in [4.78, 5) is 32.9. The molecule has 6 heterocycles. The Bertz CT molecular complexity index is 1840. The van der Waals surface area contributed by atoms with Crippen molar-refractivity contribution < 1.29 is 18.4 Å². The first-order chi connectivity index (χ1) is 20.5. The Kier molecular flexibility index (Phi) is 6.84. The molecule has 15 heteroatoms. The first-order valence-corrected chi connectivity index (χ1v) is 14.6. The molecule has 2 aliphatic rings. The lowest BCUT2D eigenvalue weighted by atomic mass is 9.91. The van der Waals surface area contributed by atoms with Crippen LogP contribution >= 0.6 is 11.5 Å². The number of nitrogens with two attached hydrogens (primary N) is 2. The van der Waals surface area contributed by atoms with Gasteiger partial charge in [-0.05, 0) is 30.4 Å². The van der Waals surface area contributed by atoms with Crippen LogP contribution in [0, 0.1) is 0 Å². The Labute approximate surface area is 242 Å². The lowest BCUT2D eigenvalue weighted by Crippen LogP contribution is -2.43. The molecule has 0 unspecified atom stereocenters. The number of furan rings is 1. The predicted molar refractivity (Wildman–Crippen MR) is 155 cm³/mol. The zero-order chi connectivity index (χ0) is 28.8. The smallest absolute Gasteiger partial charge is 0.254 e. The minimum atomic E-state index is -0.662. The molecule has 0 radical (unpaired) electrons. The van der Waals surface area contributed by atoms with E-state index in [1.807, 2.05) is 11.0 Å². The molecule has 1 saturated heterocycles. The molecule has 42 heavy (non-hydrogen) atoms. The van der Waals surface area contributed by atoms with Crippen molar-refractivity contribution in [3.63, 3.8) is 0 Å². The topological polar surface area (TPSA) is 193 Å². The Morgan fingerprint density at radius 3 is 2.81 bits per heavy atom. The van der Waals surface area contributed by atoms with Crippen molar-refractivity contribution in [3.05, 3.63) is 51.9 Å². The maximum Gasteiger partial charge on any atom is 0.254 e. The number of carbonyl (C=O) groups excluding carboxylic acids is 1. The molecule has 218 valence electrons. The zero-order valence-electron chi connectivity index (χ0n) is 22.6. The third-order valence-electron chi connectivity index (χ3n) is 7.84.